The van der Waals surface area contributed by atoms with Crippen molar-refractivity contribution < 1.29 is 87.6 Å². The van der Waals surface area contributed by atoms with Crippen LogP contribution in [0.15, 0.2) is 85.0 Å². The molecule has 3 aliphatic carbocycles. The molecule has 64 heavy (non-hydrogen) atoms. The van der Waals surface area contributed by atoms with Gasteiger partial charge in [-0.3, -0.25) is 19.2 Å². The third-order valence-electron chi connectivity index (χ3n) is 9.03. The molecule has 0 saturated heterocycles. The Morgan fingerprint density at radius 3 is 1.50 bits per heavy atom. The maximum atomic E-state index is 11.3. The Morgan fingerprint density at radius 2 is 1.06 bits per heavy atom. The third-order valence-corrected chi connectivity index (χ3v) is 9.03. The zero-order valence-electron chi connectivity index (χ0n) is 35.9. The molecular weight excluding hydrogens is 840 g/mol. The van der Waals surface area contributed by atoms with Crippen molar-refractivity contribution in [3.05, 3.63) is 90.6 Å². The Balaban J connectivity index is 0.000000800. The summed E-state index contributed by atoms with van der Waals surface area (Å²) in [5.74, 6) is -6.41. The van der Waals surface area contributed by atoms with Crippen LogP contribution >= 0.6 is 0 Å². The van der Waals surface area contributed by atoms with E-state index in [4.69, 9.17) is 39.7 Å². The van der Waals surface area contributed by atoms with Gasteiger partial charge in [0.25, 0.3) is 0 Å². The largest absolute Gasteiger partial charge is 0.481 e. The highest BCUT2D eigenvalue weighted by Crippen LogP contribution is 2.32. The summed E-state index contributed by atoms with van der Waals surface area (Å²) in [6, 6.07) is 9.29. The number of rotatable bonds is 19. The first-order valence-corrected chi connectivity index (χ1v) is 20.6. The van der Waals surface area contributed by atoms with Crippen LogP contribution in [0.3, 0.4) is 0 Å². The van der Waals surface area contributed by atoms with Crippen molar-refractivity contribution in [1.29, 1.82) is 0 Å². The van der Waals surface area contributed by atoms with Gasteiger partial charge in [0.05, 0.1) is 31.8 Å². The van der Waals surface area contributed by atoms with E-state index in [2.05, 4.69) is 17.9 Å². The molecule has 5 N–H and O–H groups in total. The van der Waals surface area contributed by atoms with E-state index in [0.29, 0.717) is 24.2 Å². The predicted octanol–water partition coefficient (Wildman–Crippen LogP) is 6.59. The van der Waals surface area contributed by atoms with Crippen LogP contribution in [0, 0.1) is 11.8 Å². The third kappa shape index (κ3) is 31.1. The van der Waals surface area contributed by atoms with Crippen LogP contribution in [0.2, 0.25) is 0 Å². The molecule has 1 fully saturated rings. The van der Waals surface area contributed by atoms with Gasteiger partial charge in [-0.25, -0.2) is 24.0 Å². The summed E-state index contributed by atoms with van der Waals surface area (Å²) in [5.41, 5.74) is 2.27. The number of hydrogen-bond donors (Lipinski definition) is 5. The van der Waals surface area contributed by atoms with Gasteiger partial charge >= 0.3 is 53.7 Å². The van der Waals surface area contributed by atoms with Crippen molar-refractivity contribution in [3.63, 3.8) is 0 Å². The fraction of sp³-hybridized carbons (Fsp3) is 0.457. The first-order valence-electron chi connectivity index (χ1n) is 20.6. The number of esters is 4. The number of ether oxygens (including phenoxy) is 4. The average Bonchev–Trinajstić information content (AvgIpc) is 3.83. The second-order valence-corrected chi connectivity index (χ2v) is 13.9. The van der Waals surface area contributed by atoms with Gasteiger partial charge in [-0.15, -0.1) is 0 Å². The van der Waals surface area contributed by atoms with E-state index in [1.165, 1.54) is 6.08 Å². The maximum absolute atomic E-state index is 11.3. The van der Waals surface area contributed by atoms with E-state index in [1.54, 1.807) is 6.08 Å². The Bertz CT molecular complexity index is 1770. The smallest absolute Gasteiger partial charge is 0.333 e. The van der Waals surface area contributed by atoms with E-state index in [1.807, 2.05) is 42.5 Å². The van der Waals surface area contributed by atoms with E-state index in [0.717, 1.165) is 88.3 Å². The fourth-order valence-corrected chi connectivity index (χ4v) is 5.79. The molecule has 1 aromatic carbocycles. The molecule has 18 nitrogen and oxygen atoms in total. The molecule has 18 heteroatoms. The molecule has 0 amide bonds. The number of carboxylic acid groups (broad SMARTS) is 5. The lowest BCUT2D eigenvalue weighted by Crippen LogP contribution is -2.28. The monoisotopic (exact) mass is 900 g/mol. The van der Waals surface area contributed by atoms with Crippen LogP contribution in [-0.4, -0.2) is 106 Å². The van der Waals surface area contributed by atoms with Crippen molar-refractivity contribution >= 4 is 59.8 Å². The summed E-state index contributed by atoms with van der Waals surface area (Å²) >= 11 is 0. The van der Waals surface area contributed by atoms with Crippen molar-refractivity contribution in [3.8, 4) is 0 Å². The second kappa shape index (κ2) is 35.7. The lowest BCUT2D eigenvalue weighted by atomic mass is 9.78. The molecule has 3 aliphatic rings. The summed E-state index contributed by atoms with van der Waals surface area (Å²) in [5, 5.41) is 41.6. The van der Waals surface area contributed by atoms with E-state index in [9.17, 15) is 43.2 Å². The molecular formula is C46H60O18. The Hall–Kier alpha value is -6.85. The second-order valence-electron chi connectivity index (χ2n) is 13.9. The predicted molar refractivity (Wildman–Crippen MR) is 230 cm³/mol. The standard InChI is InChI=1S/C12H18O4.C12H12O4.C10H14O4.C9H12O4.C3H4O2/c1-2-11(13)16-8-7-9-5-3-4-6-10(9)12(14)15;13-11(14)8-9-16-12(15)7-6-10-4-2-1-3-5-10;11-9(12)6-7-14-10(13)8-4-2-1-3-5-8;10-8(11)5-6-13-9(12)7-3-1-2-4-7;1-2-3(4)5/h2,9-10H,1,3-8H2,(H,14,15);1-7H,8-9H2,(H,13,14);4H,1-3,5-7H2,(H,11,12);3H,1-2,4-6H2,(H,10,11);2H,1H2,(H,4,5)/b;7-6+;;;. The molecule has 352 valence electrons. The van der Waals surface area contributed by atoms with E-state index >= 15 is 0 Å². The van der Waals surface area contributed by atoms with Crippen LogP contribution in [-0.2, 0) is 62.1 Å². The number of carboxylic acids is 5. The Kier molecular flexibility index (Phi) is 31.9. The summed E-state index contributed by atoms with van der Waals surface area (Å²) in [7, 11) is 0. The zero-order valence-corrected chi connectivity index (χ0v) is 35.9. The molecule has 2 unspecified atom stereocenters. The lowest BCUT2D eigenvalue weighted by molar-refractivity contribution is -0.146. The van der Waals surface area contributed by atoms with Gasteiger partial charge in [0.15, 0.2) is 0 Å². The van der Waals surface area contributed by atoms with E-state index < -0.39 is 41.8 Å². The number of carbonyl (C=O) groups is 9. The summed E-state index contributed by atoms with van der Waals surface area (Å²) in [6.45, 7) is 6.38. The highest BCUT2D eigenvalue weighted by molar-refractivity contribution is 5.89. The Labute approximate surface area is 371 Å². The van der Waals surface area contributed by atoms with Crippen molar-refractivity contribution in [2.45, 2.75) is 96.3 Å². The molecule has 1 aromatic rings. The van der Waals surface area contributed by atoms with Gasteiger partial charge in [0, 0.05) is 29.4 Å². The first-order chi connectivity index (χ1) is 30.5. The molecule has 2 atom stereocenters. The molecule has 0 radical (unpaired) electrons. The summed E-state index contributed by atoms with van der Waals surface area (Å²) in [6.07, 6.45) is 19.0. The number of allylic oxidation sites excluding steroid dienone is 2. The van der Waals surface area contributed by atoms with Crippen LogP contribution in [0.25, 0.3) is 6.08 Å². The van der Waals surface area contributed by atoms with Crippen molar-refractivity contribution in [1.82, 2.24) is 0 Å². The van der Waals surface area contributed by atoms with Gasteiger partial charge in [0.2, 0.25) is 0 Å². The normalized spacial score (nSPS) is 15.8. The van der Waals surface area contributed by atoms with Crippen LogP contribution < -0.4 is 0 Å². The van der Waals surface area contributed by atoms with Crippen LogP contribution in [0.1, 0.15) is 102 Å². The highest BCUT2D eigenvalue weighted by Gasteiger charge is 2.30. The van der Waals surface area contributed by atoms with Crippen molar-refractivity contribution in [2.75, 3.05) is 26.4 Å². The summed E-state index contributed by atoms with van der Waals surface area (Å²) in [4.78, 5) is 95.0. The maximum Gasteiger partial charge on any atom is 0.333 e. The van der Waals surface area contributed by atoms with Gasteiger partial charge in [-0.1, -0.05) is 68.5 Å². The minimum Gasteiger partial charge on any atom is -0.481 e. The minimum absolute atomic E-state index is 0.0362. The molecule has 1 saturated carbocycles. The highest BCUT2D eigenvalue weighted by atomic mass is 16.5. The van der Waals surface area contributed by atoms with Crippen LogP contribution in [0.4, 0.5) is 0 Å². The fourth-order valence-electron chi connectivity index (χ4n) is 5.79. The molecule has 0 aromatic heterocycles. The van der Waals surface area contributed by atoms with E-state index in [-0.39, 0.29) is 62.9 Å². The number of aliphatic carboxylic acids is 5. The van der Waals surface area contributed by atoms with Crippen LogP contribution in [0.5, 0.6) is 0 Å². The van der Waals surface area contributed by atoms with Gasteiger partial charge in [-0.2, -0.15) is 0 Å². The van der Waals surface area contributed by atoms with Gasteiger partial charge < -0.3 is 44.5 Å². The average molecular weight is 901 g/mol. The SMILES string of the molecule is C=CC(=O)O.C=CC(=O)OCCC1CCCCC1C(=O)O.O=C(O)CCOC(=O)/C=C/c1ccccc1.O=C(O)CCOC(=O)C1=CCCC1.O=C(O)CCOC(=O)C1=CCCCC1. The molecule has 4 rings (SSSR count). The van der Waals surface area contributed by atoms with Crippen molar-refractivity contribution in [2.24, 2.45) is 11.8 Å². The molecule has 0 aliphatic heterocycles. The molecule has 0 spiro atoms. The topological polar surface area (TPSA) is 292 Å². The molecule has 0 bridgehead atoms. The number of benzene rings is 1. The first kappa shape index (κ1) is 57.1. The van der Waals surface area contributed by atoms with Gasteiger partial charge in [-0.05, 0) is 81.8 Å². The number of hydrogen-bond acceptors (Lipinski definition) is 13. The quantitative estimate of drug-likeness (QED) is 0.0556. The summed E-state index contributed by atoms with van der Waals surface area (Å²) < 4.78 is 19.1. The lowest BCUT2D eigenvalue weighted by Gasteiger charge is -2.28. The number of carbonyl (C=O) groups excluding carboxylic acids is 4. The minimum atomic E-state index is -0.986. The molecule has 0 heterocycles. The Morgan fingerprint density at radius 1 is 0.578 bits per heavy atom. The zero-order chi connectivity index (χ0) is 48.1. The van der Waals surface area contributed by atoms with Gasteiger partial charge in [0.1, 0.15) is 19.8 Å².